The van der Waals surface area contributed by atoms with Gasteiger partial charge in [-0.2, -0.15) is 5.26 Å². The minimum atomic E-state index is -1.15. The van der Waals surface area contributed by atoms with Crippen LogP contribution in [0.3, 0.4) is 0 Å². The van der Waals surface area contributed by atoms with Crippen LogP contribution in [0.15, 0.2) is 41.3 Å². The molecule has 1 heterocycles. The van der Waals surface area contributed by atoms with E-state index in [2.05, 4.69) is 0 Å². The monoisotopic (exact) mass is 272 g/mol. The van der Waals surface area contributed by atoms with Gasteiger partial charge in [-0.3, -0.25) is 4.79 Å². The van der Waals surface area contributed by atoms with Crippen LogP contribution in [-0.4, -0.2) is 15.6 Å². The lowest BCUT2D eigenvalue weighted by molar-refractivity contribution is 0.0696. The Morgan fingerprint density at radius 1 is 1.35 bits per heavy atom. The van der Waals surface area contributed by atoms with Gasteiger partial charge in [0.2, 0.25) is 0 Å². The van der Waals surface area contributed by atoms with Gasteiger partial charge in [0.1, 0.15) is 5.82 Å². The molecule has 2 aromatic rings. The lowest BCUT2D eigenvalue weighted by Gasteiger charge is -2.08. The van der Waals surface area contributed by atoms with Gasteiger partial charge >= 0.3 is 5.97 Å². The Bertz CT molecular complexity index is 775. The first-order chi connectivity index (χ1) is 9.51. The summed E-state index contributed by atoms with van der Waals surface area (Å²) in [4.78, 5) is 22.5. The van der Waals surface area contributed by atoms with Gasteiger partial charge in [-0.1, -0.05) is 6.07 Å². The highest BCUT2D eigenvalue weighted by Gasteiger charge is 2.08. The molecule has 0 bridgehead atoms. The third kappa shape index (κ3) is 2.72. The van der Waals surface area contributed by atoms with Crippen molar-refractivity contribution in [2.24, 2.45) is 0 Å². The largest absolute Gasteiger partial charge is 0.478 e. The molecule has 1 aromatic heterocycles. The molecule has 0 fully saturated rings. The predicted molar refractivity (Wildman–Crippen MR) is 67.9 cm³/mol. The molecule has 0 atom stereocenters. The van der Waals surface area contributed by atoms with Crippen molar-refractivity contribution in [2.45, 2.75) is 6.54 Å². The fourth-order valence-electron chi connectivity index (χ4n) is 1.76. The summed E-state index contributed by atoms with van der Waals surface area (Å²) < 4.78 is 14.2. The second kappa shape index (κ2) is 5.36. The first-order valence-corrected chi connectivity index (χ1v) is 5.63. The third-order valence-electron chi connectivity index (χ3n) is 2.76. The van der Waals surface area contributed by atoms with E-state index in [9.17, 15) is 14.0 Å². The number of aromatic nitrogens is 1. The summed E-state index contributed by atoms with van der Waals surface area (Å²) in [6.07, 6.45) is 1.19. The van der Waals surface area contributed by atoms with Crippen molar-refractivity contribution in [3.8, 4) is 6.07 Å². The van der Waals surface area contributed by atoms with Crippen LogP contribution in [0, 0.1) is 17.1 Å². The number of nitriles is 1. The van der Waals surface area contributed by atoms with Crippen molar-refractivity contribution in [1.29, 1.82) is 5.26 Å². The summed E-state index contributed by atoms with van der Waals surface area (Å²) in [7, 11) is 0. The van der Waals surface area contributed by atoms with Crippen LogP contribution in [0.5, 0.6) is 0 Å². The van der Waals surface area contributed by atoms with E-state index in [1.165, 1.54) is 24.4 Å². The average molecular weight is 272 g/mol. The minimum absolute atomic E-state index is 0.00310. The first-order valence-electron chi connectivity index (χ1n) is 5.63. The van der Waals surface area contributed by atoms with E-state index in [0.717, 1.165) is 16.7 Å². The number of benzene rings is 1. The number of nitrogens with zero attached hydrogens (tertiary/aromatic N) is 2. The molecule has 20 heavy (non-hydrogen) atoms. The third-order valence-corrected chi connectivity index (χ3v) is 2.76. The van der Waals surface area contributed by atoms with Gasteiger partial charge in [0.25, 0.3) is 5.56 Å². The normalized spacial score (nSPS) is 10.0. The second-order valence-electron chi connectivity index (χ2n) is 4.10. The van der Waals surface area contributed by atoms with E-state index in [-0.39, 0.29) is 17.7 Å². The van der Waals surface area contributed by atoms with Gasteiger partial charge in [-0.15, -0.1) is 0 Å². The number of carboxylic acid groups (broad SMARTS) is 1. The second-order valence-corrected chi connectivity index (χ2v) is 4.10. The molecule has 0 unspecified atom stereocenters. The first kappa shape index (κ1) is 13.5. The maximum Gasteiger partial charge on any atom is 0.337 e. The van der Waals surface area contributed by atoms with Gasteiger partial charge < -0.3 is 9.67 Å². The van der Waals surface area contributed by atoms with Crippen molar-refractivity contribution in [1.82, 2.24) is 4.57 Å². The zero-order valence-electron chi connectivity index (χ0n) is 10.2. The highest BCUT2D eigenvalue weighted by molar-refractivity contribution is 5.87. The number of carboxylic acids is 1. The maximum atomic E-state index is 13.0. The van der Waals surface area contributed by atoms with Crippen molar-refractivity contribution in [2.75, 3.05) is 0 Å². The van der Waals surface area contributed by atoms with E-state index in [1.807, 2.05) is 6.07 Å². The van der Waals surface area contributed by atoms with E-state index < -0.39 is 17.3 Å². The van der Waals surface area contributed by atoms with Gasteiger partial charge in [0.15, 0.2) is 0 Å². The standard InChI is InChI=1S/C14H9FN2O3/c15-12-3-1-9(11(5-12)6-16)7-17-8-10(14(19)20)2-4-13(17)18/h1-5,8H,7H2,(H,19,20). The molecular formula is C14H9FN2O3. The molecule has 2 rings (SSSR count). The molecule has 0 aliphatic heterocycles. The number of aromatic carboxylic acids is 1. The number of carbonyl (C=O) groups is 1. The van der Waals surface area contributed by atoms with Crippen molar-refractivity contribution in [3.05, 3.63) is 69.4 Å². The number of rotatable bonds is 3. The SMILES string of the molecule is N#Cc1cc(F)ccc1Cn1cc(C(=O)O)ccc1=O. The number of hydrogen-bond donors (Lipinski definition) is 1. The Kier molecular flexibility index (Phi) is 3.62. The quantitative estimate of drug-likeness (QED) is 0.920. The van der Waals surface area contributed by atoms with Crippen LogP contribution >= 0.6 is 0 Å². The summed E-state index contributed by atoms with van der Waals surface area (Å²) in [6, 6.07) is 7.84. The summed E-state index contributed by atoms with van der Waals surface area (Å²) in [5, 5.41) is 17.8. The number of pyridine rings is 1. The molecule has 0 spiro atoms. The Morgan fingerprint density at radius 2 is 2.10 bits per heavy atom. The topological polar surface area (TPSA) is 83.1 Å². The molecule has 5 nitrogen and oxygen atoms in total. The smallest absolute Gasteiger partial charge is 0.337 e. The molecule has 0 saturated carbocycles. The number of halogens is 1. The molecular weight excluding hydrogens is 263 g/mol. The molecule has 0 saturated heterocycles. The van der Waals surface area contributed by atoms with E-state index in [1.54, 1.807) is 0 Å². The van der Waals surface area contributed by atoms with Gasteiger partial charge in [0, 0.05) is 12.3 Å². The van der Waals surface area contributed by atoms with Crippen molar-refractivity contribution < 1.29 is 14.3 Å². The molecule has 1 N–H and O–H groups in total. The highest BCUT2D eigenvalue weighted by Crippen LogP contribution is 2.11. The predicted octanol–water partition coefficient (Wildman–Crippen LogP) is 1.61. The summed E-state index contributed by atoms with van der Waals surface area (Å²) in [5.74, 6) is -1.70. The van der Waals surface area contributed by atoms with E-state index >= 15 is 0 Å². The molecule has 1 aromatic carbocycles. The Balaban J connectivity index is 2.45. The molecule has 0 aliphatic carbocycles. The lowest BCUT2D eigenvalue weighted by atomic mass is 10.1. The molecule has 100 valence electrons. The number of hydrogen-bond acceptors (Lipinski definition) is 3. The zero-order chi connectivity index (χ0) is 14.7. The Labute approximate surface area is 113 Å². The van der Waals surface area contributed by atoms with Crippen LogP contribution in [0.2, 0.25) is 0 Å². The van der Waals surface area contributed by atoms with Crippen LogP contribution in [0.4, 0.5) is 4.39 Å². The highest BCUT2D eigenvalue weighted by atomic mass is 19.1. The fourth-order valence-corrected chi connectivity index (χ4v) is 1.76. The summed E-state index contributed by atoms with van der Waals surface area (Å²) in [5.41, 5.74) is 0.115. The fraction of sp³-hybridized carbons (Fsp3) is 0.0714. The average Bonchev–Trinajstić information content (AvgIpc) is 2.42. The lowest BCUT2D eigenvalue weighted by Crippen LogP contribution is -2.21. The van der Waals surface area contributed by atoms with Crippen LogP contribution in [-0.2, 0) is 6.54 Å². The molecule has 0 amide bonds. The molecule has 0 radical (unpaired) electrons. The van der Waals surface area contributed by atoms with Crippen LogP contribution < -0.4 is 5.56 Å². The molecule has 6 heteroatoms. The Morgan fingerprint density at radius 3 is 2.75 bits per heavy atom. The zero-order valence-corrected chi connectivity index (χ0v) is 10.2. The van der Waals surface area contributed by atoms with Gasteiger partial charge in [-0.25, -0.2) is 9.18 Å². The van der Waals surface area contributed by atoms with Crippen LogP contribution in [0.25, 0.3) is 0 Å². The van der Waals surface area contributed by atoms with Crippen molar-refractivity contribution >= 4 is 5.97 Å². The van der Waals surface area contributed by atoms with Crippen molar-refractivity contribution in [3.63, 3.8) is 0 Å². The minimum Gasteiger partial charge on any atom is -0.478 e. The van der Waals surface area contributed by atoms with E-state index in [4.69, 9.17) is 10.4 Å². The molecule has 0 aliphatic rings. The van der Waals surface area contributed by atoms with Gasteiger partial charge in [-0.05, 0) is 23.8 Å². The Hall–Kier alpha value is -2.94. The summed E-state index contributed by atoms with van der Waals surface area (Å²) in [6.45, 7) is 0.00310. The van der Waals surface area contributed by atoms with Gasteiger partial charge in [0.05, 0.1) is 23.7 Å². The summed E-state index contributed by atoms with van der Waals surface area (Å²) >= 11 is 0. The van der Waals surface area contributed by atoms with Crippen LogP contribution in [0.1, 0.15) is 21.5 Å². The maximum absolute atomic E-state index is 13.0. The van der Waals surface area contributed by atoms with E-state index in [0.29, 0.717) is 5.56 Å².